The second kappa shape index (κ2) is 15.0. The van der Waals surface area contributed by atoms with Gasteiger partial charge in [-0.25, -0.2) is 27.1 Å². The zero-order valence-corrected chi connectivity index (χ0v) is 26.9. The highest BCUT2D eigenvalue weighted by Gasteiger charge is 2.23. The molecule has 0 radical (unpaired) electrons. The molecule has 0 bridgehead atoms. The minimum absolute atomic E-state index is 0.0156. The first-order chi connectivity index (χ1) is 19.0. The average Bonchev–Trinajstić information content (AvgIpc) is 2.79. The summed E-state index contributed by atoms with van der Waals surface area (Å²) in [5, 5.41) is 28.8. The van der Waals surface area contributed by atoms with Crippen molar-refractivity contribution in [2.75, 3.05) is 17.6 Å². The normalized spacial score (nSPS) is 14.0. The SMILES string of the molecule is CC(C)(C)CC(C)(C)N.CC(C)c1nc(N(C)S(C)(=O)=O)nc(-c2ccc(F)cc2)c1/C=C/C(O)CC(O)CC(=O)O. The van der Waals surface area contributed by atoms with Crippen LogP contribution in [0.15, 0.2) is 30.3 Å². The van der Waals surface area contributed by atoms with Gasteiger partial charge in [-0.1, -0.05) is 46.8 Å². The van der Waals surface area contributed by atoms with Gasteiger partial charge in [0.25, 0.3) is 0 Å². The van der Waals surface area contributed by atoms with E-state index in [-0.39, 0.29) is 23.8 Å². The van der Waals surface area contributed by atoms with Crippen molar-refractivity contribution in [2.45, 2.75) is 91.4 Å². The van der Waals surface area contributed by atoms with E-state index >= 15 is 0 Å². The summed E-state index contributed by atoms with van der Waals surface area (Å²) in [6, 6.07) is 5.49. The van der Waals surface area contributed by atoms with Gasteiger partial charge in [-0.15, -0.1) is 0 Å². The number of aliphatic hydroxyl groups is 2. The Bertz CT molecular complexity index is 1310. The number of halogens is 1. The van der Waals surface area contributed by atoms with Crippen LogP contribution < -0.4 is 10.0 Å². The predicted octanol–water partition coefficient (Wildman–Crippen LogP) is 4.56. The van der Waals surface area contributed by atoms with Crippen LogP contribution in [-0.4, -0.2) is 70.7 Å². The molecule has 10 nitrogen and oxygen atoms in total. The van der Waals surface area contributed by atoms with Crippen molar-refractivity contribution in [1.82, 2.24) is 9.97 Å². The Morgan fingerprint density at radius 3 is 2.05 bits per heavy atom. The van der Waals surface area contributed by atoms with Crippen molar-refractivity contribution in [2.24, 2.45) is 11.1 Å². The summed E-state index contributed by atoms with van der Waals surface area (Å²) in [7, 11) is -2.33. The number of aliphatic hydroxyl groups excluding tert-OH is 2. The van der Waals surface area contributed by atoms with Crippen LogP contribution in [0.3, 0.4) is 0 Å². The molecule has 0 fully saturated rings. The maximum absolute atomic E-state index is 13.5. The Morgan fingerprint density at radius 1 is 1.10 bits per heavy atom. The Kier molecular flexibility index (Phi) is 13.2. The number of nitrogens with zero attached hydrogens (tertiary/aromatic N) is 3. The third-order valence-electron chi connectivity index (χ3n) is 5.80. The number of hydrogen-bond acceptors (Lipinski definition) is 8. The Morgan fingerprint density at radius 2 is 1.64 bits per heavy atom. The van der Waals surface area contributed by atoms with Crippen molar-refractivity contribution in [3.05, 3.63) is 47.4 Å². The molecule has 0 saturated carbocycles. The van der Waals surface area contributed by atoms with Gasteiger partial charge >= 0.3 is 5.97 Å². The van der Waals surface area contributed by atoms with Gasteiger partial charge in [0, 0.05) is 30.1 Å². The number of carbonyl (C=O) groups is 1. The molecule has 0 spiro atoms. The number of aromatic nitrogens is 2. The van der Waals surface area contributed by atoms with Crippen LogP contribution in [0.25, 0.3) is 17.3 Å². The number of aliphatic carboxylic acids is 1. The smallest absolute Gasteiger partial charge is 0.305 e. The summed E-state index contributed by atoms with van der Waals surface area (Å²) in [5.41, 5.74) is 7.97. The highest BCUT2D eigenvalue weighted by atomic mass is 32.2. The fourth-order valence-electron chi connectivity index (χ4n) is 4.41. The lowest BCUT2D eigenvalue weighted by molar-refractivity contribution is -0.139. The first-order valence-corrected chi connectivity index (χ1v) is 15.5. The van der Waals surface area contributed by atoms with E-state index in [2.05, 4.69) is 44.6 Å². The van der Waals surface area contributed by atoms with Gasteiger partial charge in [0.05, 0.1) is 36.3 Å². The lowest BCUT2D eigenvalue weighted by Crippen LogP contribution is -2.36. The standard InChI is InChI=1S/C22H28FN3O6S.C8H19N/c1-13(2)20-18(10-9-16(27)11-17(28)12-19(29)30)21(14-5-7-15(23)8-6-14)25-22(24-20)26(3)33(4,31)32;1-7(2,3)6-8(4,5)9/h5-10,13,16-17,27-28H,11-12H2,1-4H3,(H,29,30);6,9H2,1-5H3/b10-9+;. The third kappa shape index (κ3) is 13.4. The maximum Gasteiger partial charge on any atom is 0.305 e. The molecule has 2 rings (SSSR count). The molecule has 0 aliphatic heterocycles. The molecule has 0 saturated heterocycles. The number of nitrogens with two attached hydrogens (primary N) is 1. The van der Waals surface area contributed by atoms with Crippen LogP contribution in [0.5, 0.6) is 0 Å². The lowest BCUT2D eigenvalue weighted by Gasteiger charge is -2.28. The van der Waals surface area contributed by atoms with E-state index in [1.165, 1.54) is 43.5 Å². The molecule has 0 aliphatic rings. The highest BCUT2D eigenvalue weighted by molar-refractivity contribution is 7.92. The lowest BCUT2D eigenvalue weighted by atomic mass is 9.82. The van der Waals surface area contributed by atoms with Crippen LogP contribution in [0.2, 0.25) is 0 Å². The van der Waals surface area contributed by atoms with Gasteiger partial charge in [0.1, 0.15) is 5.82 Å². The maximum atomic E-state index is 13.5. The predicted molar refractivity (Wildman–Crippen MR) is 165 cm³/mol. The summed E-state index contributed by atoms with van der Waals surface area (Å²) in [5.74, 6) is -1.87. The molecule has 2 atom stereocenters. The minimum Gasteiger partial charge on any atom is -0.481 e. The molecule has 236 valence electrons. The topological polar surface area (TPSA) is 167 Å². The van der Waals surface area contributed by atoms with E-state index in [1.54, 1.807) is 0 Å². The molecule has 42 heavy (non-hydrogen) atoms. The van der Waals surface area contributed by atoms with Crippen LogP contribution >= 0.6 is 0 Å². The quantitative estimate of drug-likeness (QED) is 0.285. The zero-order valence-electron chi connectivity index (χ0n) is 26.1. The fourth-order valence-corrected chi connectivity index (χ4v) is 4.79. The van der Waals surface area contributed by atoms with Crippen molar-refractivity contribution >= 4 is 28.0 Å². The molecule has 1 aromatic heterocycles. The van der Waals surface area contributed by atoms with E-state index in [4.69, 9.17) is 10.8 Å². The van der Waals surface area contributed by atoms with Gasteiger partial charge in [-0.2, -0.15) is 0 Å². The molecule has 0 aliphatic carbocycles. The summed E-state index contributed by atoms with van der Waals surface area (Å²) in [4.78, 5) is 19.6. The summed E-state index contributed by atoms with van der Waals surface area (Å²) >= 11 is 0. The first-order valence-electron chi connectivity index (χ1n) is 13.7. The Labute approximate surface area is 249 Å². The first kappa shape index (κ1) is 37.1. The van der Waals surface area contributed by atoms with E-state index in [0.717, 1.165) is 17.0 Å². The second-order valence-corrected chi connectivity index (χ2v) is 14.7. The Balaban J connectivity index is 0.000000844. The van der Waals surface area contributed by atoms with E-state index in [0.29, 0.717) is 27.9 Å². The van der Waals surface area contributed by atoms with E-state index in [1.807, 2.05) is 13.8 Å². The summed E-state index contributed by atoms with van der Waals surface area (Å²) < 4.78 is 38.6. The van der Waals surface area contributed by atoms with Gasteiger partial charge in [-0.3, -0.25) is 4.79 Å². The number of anilines is 1. The molecular formula is C30H47FN4O6S. The number of sulfonamides is 1. The van der Waals surface area contributed by atoms with Gasteiger partial charge in [0.15, 0.2) is 0 Å². The number of carboxylic acid groups (broad SMARTS) is 1. The molecule has 12 heteroatoms. The van der Waals surface area contributed by atoms with Gasteiger partial charge < -0.3 is 21.1 Å². The third-order valence-corrected chi connectivity index (χ3v) is 6.96. The van der Waals surface area contributed by atoms with Crippen LogP contribution in [0.1, 0.15) is 84.9 Å². The van der Waals surface area contributed by atoms with Gasteiger partial charge in [-0.05, 0) is 55.9 Å². The molecule has 0 amide bonds. The monoisotopic (exact) mass is 610 g/mol. The van der Waals surface area contributed by atoms with Crippen LogP contribution in [0, 0.1) is 11.2 Å². The zero-order chi connectivity index (χ0) is 32.6. The van der Waals surface area contributed by atoms with Crippen molar-refractivity contribution in [3.63, 3.8) is 0 Å². The second-order valence-electron chi connectivity index (χ2n) is 12.7. The number of hydrogen-bond donors (Lipinski definition) is 4. The van der Waals surface area contributed by atoms with E-state index in [9.17, 15) is 27.8 Å². The van der Waals surface area contributed by atoms with Crippen molar-refractivity contribution < 1.29 is 32.9 Å². The summed E-state index contributed by atoms with van der Waals surface area (Å²) in [6.45, 7) is 14.5. The molecule has 1 heterocycles. The Hall–Kier alpha value is -2.93. The summed E-state index contributed by atoms with van der Waals surface area (Å²) in [6.07, 6.45) is 1.93. The van der Waals surface area contributed by atoms with Gasteiger partial charge in [0.2, 0.25) is 16.0 Å². The number of benzene rings is 1. The highest BCUT2D eigenvalue weighted by Crippen LogP contribution is 2.32. The fraction of sp³-hybridized carbons (Fsp3) is 0.567. The minimum atomic E-state index is -3.65. The molecule has 2 unspecified atom stereocenters. The number of rotatable bonds is 11. The molecular weight excluding hydrogens is 563 g/mol. The average molecular weight is 611 g/mol. The largest absolute Gasteiger partial charge is 0.481 e. The molecule has 2 aromatic rings. The molecule has 1 aromatic carbocycles. The van der Waals surface area contributed by atoms with E-state index < -0.39 is 40.4 Å². The molecule has 5 N–H and O–H groups in total. The van der Waals surface area contributed by atoms with Crippen molar-refractivity contribution in [1.29, 1.82) is 0 Å². The van der Waals surface area contributed by atoms with Crippen LogP contribution in [-0.2, 0) is 14.8 Å². The van der Waals surface area contributed by atoms with Crippen LogP contribution in [0.4, 0.5) is 10.3 Å². The van der Waals surface area contributed by atoms with Crippen molar-refractivity contribution in [3.8, 4) is 11.3 Å². The number of carboxylic acids is 1.